The standard InChI is InChI=1S/C23H22N2O7/c1-31-19(26)13-17(23(30)32-2)24-20(27)18(12-14-8-4-3-5-9-14)25-21(28)15-10-6-7-11-16(15)22(25)29/h3-11,17-18H,12-13H2,1-2H3,(H,24,27)/t17-,18+/m0/s1. The van der Waals surface area contributed by atoms with Crippen molar-refractivity contribution in [1.82, 2.24) is 10.2 Å². The summed E-state index contributed by atoms with van der Waals surface area (Å²) in [5.41, 5.74) is 1.09. The van der Waals surface area contributed by atoms with Crippen LogP contribution in [0, 0.1) is 0 Å². The van der Waals surface area contributed by atoms with Crippen LogP contribution in [0.1, 0.15) is 32.7 Å². The van der Waals surface area contributed by atoms with E-state index in [0.29, 0.717) is 5.56 Å². The van der Waals surface area contributed by atoms with Crippen LogP contribution >= 0.6 is 0 Å². The van der Waals surface area contributed by atoms with Crippen molar-refractivity contribution in [2.75, 3.05) is 14.2 Å². The highest BCUT2D eigenvalue weighted by molar-refractivity contribution is 6.23. The molecule has 0 radical (unpaired) electrons. The fraction of sp³-hybridized carbons (Fsp3) is 0.261. The van der Waals surface area contributed by atoms with Gasteiger partial charge in [0.1, 0.15) is 12.1 Å². The lowest BCUT2D eigenvalue weighted by molar-refractivity contribution is -0.151. The molecule has 9 heteroatoms. The maximum Gasteiger partial charge on any atom is 0.328 e. The summed E-state index contributed by atoms with van der Waals surface area (Å²) in [5.74, 6) is -3.58. The molecule has 3 rings (SSSR count). The third kappa shape index (κ3) is 4.66. The number of benzene rings is 2. The van der Waals surface area contributed by atoms with Gasteiger partial charge in [-0.25, -0.2) is 4.79 Å². The van der Waals surface area contributed by atoms with Crippen LogP contribution in [0.25, 0.3) is 0 Å². The zero-order valence-corrected chi connectivity index (χ0v) is 17.6. The van der Waals surface area contributed by atoms with E-state index in [4.69, 9.17) is 0 Å². The fourth-order valence-electron chi connectivity index (χ4n) is 3.48. The third-order valence-corrected chi connectivity index (χ3v) is 5.11. The molecule has 2 atom stereocenters. The van der Waals surface area contributed by atoms with Crippen molar-refractivity contribution in [2.45, 2.75) is 24.9 Å². The molecule has 0 fully saturated rings. The number of carbonyl (C=O) groups is 5. The number of ether oxygens (including phenoxy) is 2. The smallest absolute Gasteiger partial charge is 0.328 e. The minimum absolute atomic E-state index is 0.0181. The van der Waals surface area contributed by atoms with Crippen LogP contribution in [0.3, 0.4) is 0 Å². The molecular formula is C23H22N2O7. The molecule has 1 N–H and O–H groups in total. The summed E-state index contributed by atoms with van der Waals surface area (Å²) in [7, 11) is 2.26. The first-order valence-corrected chi connectivity index (χ1v) is 9.83. The van der Waals surface area contributed by atoms with E-state index in [9.17, 15) is 24.0 Å². The Bertz CT molecular complexity index is 1020. The number of esters is 2. The molecule has 32 heavy (non-hydrogen) atoms. The van der Waals surface area contributed by atoms with Gasteiger partial charge in [0.15, 0.2) is 0 Å². The molecule has 1 aliphatic heterocycles. The number of nitrogens with zero attached hydrogens (tertiary/aromatic N) is 1. The molecular weight excluding hydrogens is 416 g/mol. The largest absolute Gasteiger partial charge is 0.469 e. The molecule has 1 heterocycles. The molecule has 0 saturated heterocycles. The highest BCUT2D eigenvalue weighted by atomic mass is 16.5. The van der Waals surface area contributed by atoms with Gasteiger partial charge in [0.05, 0.1) is 31.8 Å². The predicted octanol–water partition coefficient (Wildman–Crippen LogP) is 1.11. The average molecular weight is 438 g/mol. The van der Waals surface area contributed by atoms with Gasteiger partial charge >= 0.3 is 11.9 Å². The number of hydrogen-bond donors (Lipinski definition) is 1. The Labute approximate surface area is 184 Å². The lowest BCUT2D eigenvalue weighted by Gasteiger charge is -2.27. The van der Waals surface area contributed by atoms with Crippen molar-refractivity contribution >= 4 is 29.7 Å². The van der Waals surface area contributed by atoms with Crippen LogP contribution in [-0.4, -0.2) is 60.9 Å². The molecule has 9 nitrogen and oxygen atoms in total. The number of rotatable bonds is 8. The molecule has 0 aliphatic carbocycles. The van der Waals surface area contributed by atoms with E-state index in [0.717, 1.165) is 19.1 Å². The summed E-state index contributed by atoms with van der Waals surface area (Å²) >= 11 is 0. The number of amides is 3. The highest BCUT2D eigenvalue weighted by Gasteiger charge is 2.43. The van der Waals surface area contributed by atoms with Gasteiger partial charge in [0.2, 0.25) is 5.91 Å². The van der Waals surface area contributed by atoms with Crippen LogP contribution in [0.2, 0.25) is 0 Å². The number of fused-ring (bicyclic) bond motifs is 1. The van der Waals surface area contributed by atoms with Crippen molar-refractivity contribution in [3.8, 4) is 0 Å². The first-order chi connectivity index (χ1) is 15.4. The van der Waals surface area contributed by atoms with Crippen LogP contribution in [0.15, 0.2) is 54.6 Å². The third-order valence-electron chi connectivity index (χ3n) is 5.11. The minimum atomic E-state index is -1.34. The van der Waals surface area contributed by atoms with Gasteiger partial charge in [-0.1, -0.05) is 42.5 Å². The topological polar surface area (TPSA) is 119 Å². The molecule has 0 spiro atoms. The van der Waals surface area contributed by atoms with Gasteiger partial charge in [0.25, 0.3) is 11.8 Å². The Balaban J connectivity index is 1.93. The van der Waals surface area contributed by atoms with Gasteiger partial charge in [-0.05, 0) is 17.7 Å². The summed E-state index contributed by atoms with van der Waals surface area (Å²) in [6, 6.07) is 12.5. The predicted molar refractivity (Wildman–Crippen MR) is 111 cm³/mol. The SMILES string of the molecule is COC(=O)C[C@H](NC(=O)[C@@H](Cc1ccccc1)N1C(=O)c2ccccc2C1=O)C(=O)OC. The maximum atomic E-state index is 13.3. The van der Waals surface area contributed by atoms with Crippen LogP contribution < -0.4 is 5.32 Å². The zero-order valence-electron chi connectivity index (χ0n) is 17.6. The Kier molecular flexibility index (Phi) is 6.99. The minimum Gasteiger partial charge on any atom is -0.469 e. The van der Waals surface area contributed by atoms with Gasteiger partial charge < -0.3 is 14.8 Å². The Morgan fingerprint density at radius 1 is 0.875 bits per heavy atom. The number of imide groups is 1. The zero-order chi connectivity index (χ0) is 23.3. The molecule has 166 valence electrons. The van der Waals surface area contributed by atoms with Crippen molar-refractivity contribution in [3.63, 3.8) is 0 Å². The molecule has 0 unspecified atom stereocenters. The molecule has 0 bridgehead atoms. The van der Waals surface area contributed by atoms with Gasteiger partial charge in [-0.2, -0.15) is 0 Å². The summed E-state index contributed by atoms with van der Waals surface area (Å²) < 4.78 is 9.24. The first-order valence-electron chi connectivity index (χ1n) is 9.83. The van der Waals surface area contributed by atoms with Gasteiger partial charge in [-0.3, -0.25) is 24.1 Å². The monoisotopic (exact) mass is 438 g/mol. The van der Waals surface area contributed by atoms with E-state index < -0.39 is 48.2 Å². The Morgan fingerprint density at radius 2 is 1.44 bits per heavy atom. The van der Waals surface area contributed by atoms with Crippen molar-refractivity contribution < 1.29 is 33.4 Å². The lowest BCUT2D eigenvalue weighted by atomic mass is 10.0. The quantitative estimate of drug-likeness (QED) is 0.484. The molecule has 2 aromatic carbocycles. The van der Waals surface area contributed by atoms with Crippen LogP contribution in [0.4, 0.5) is 0 Å². The van der Waals surface area contributed by atoms with E-state index >= 15 is 0 Å². The van der Waals surface area contributed by atoms with Crippen LogP contribution in [0.5, 0.6) is 0 Å². The first kappa shape index (κ1) is 22.7. The summed E-state index contributed by atoms with van der Waals surface area (Å²) in [5, 5.41) is 2.44. The molecule has 3 amide bonds. The second-order valence-electron chi connectivity index (χ2n) is 7.10. The average Bonchev–Trinajstić information content (AvgIpc) is 3.07. The summed E-state index contributed by atoms with van der Waals surface area (Å²) in [6.45, 7) is 0. The van der Waals surface area contributed by atoms with E-state index in [1.807, 2.05) is 0 Å². The number of nitrogens with one attached hydrogen (secondary N) is 1. The van der Waals surface area contributed by atoms with Gasteiger partial charge in [-0.15, -0.1) is 0 Å². The molecule has 2 aromatic rings. The van der Waals surface area contributed by atoms with E-state index in [-0.39, 0.29) is 17.5 Å². The number of methoxy groups -OCH3 is 2. The fourth-order valence-corrected chi connectivity index (χ4v) is 3.48. The van der Waals surface area contributed by atoms with Crippen molar-refractivity contribution in [3.05, 3.63) is 71.3 Å². The molecule has 0 aromatic heterocycles. The normalized spacial score (nSPS) is 14.4. The second-order valence-corrected chi connectivity index (χ2v) is 7.10. The number of carbonyl (C=O) groups excluding carboxylic acids is 5. The summed E-state index contributed by atoms with van der Waals surface area (Å²) in [6.07, 6.45) is -0.445. The van der Waals surface area contributed by atoms with Gasteiger partial charge in [0, 0.05) is 6.42 Å². The van der Waals surface area contributed by atoms with E-state index in [2.05, 4.69) is 14.8 Å². The highest BCUT2D eigenvalue weighted by Crippen LogP contribution is 2.26. The second kappa shape index (κ2) is 9.86. The Morgan fingerprint density at radius 3 is 1.97 bits per heavy atom. The number of hydrogen-bond acceptors (Lipinski definition) is 7. The van der Waals surface area contributed by atoms with Crippen molar-refractivity contribution in [2.24, 2.45) is 0 Å². The Hall–Kier alpha value is -4.01. The molecule has 1 aliphatic rings. The lowest BCUT2D eigenvalue weighted by Crippen LogP contribution is -2.54. The van der Waals surface area contributed by atoms with E-state index in [1.165, 1.54) is 12.1 Å². The van der Waals surface area contributed by atoms with Crippen molar-refractivity contribution in [1.29, 1.82) is 0 Å². The van der Waals surface area contributed by atoms with Crippen LogP contribution in [-0.2, 0) is 30.3 Å². The molecule has 0 saturated carbocycles. The van der Waals surface area contributed by atoms with E-state index in [1.54, 1.807) is 42.5 Å². The summed E-state index contributed by atoms with van der Waals surface area (Å²) in [4.78, 5) is 64.0. The maximum absolute atomic E-state index is 13.3.